The fourth-order valence-electron chi connectivity index (χ4n) is 2.78. The van der Waals surface area contributed by atoms with Crippen LogP contribution in [0.15, 0.2) is 91.5 Å². The summed E-state index contributed by atoms with van der Waals surface area (Å²) in [6.45, 7) is 3.82. The quantitative estimate of drug-likeness (QED) is 0.736. The molecule has 1 nitrogen and oxygen atoms in total. The van der Waals surface area contributed by atoms with Gasteiger partial charge in [0, 0.05) is 0 Å². The summed E-state index contributed by atoms with van der Waals surface area (Å²) in [5.74, 6) is 0. The fourth-order valence-corrected chi connectivity index (χ4v) is 5.91. The molecule has 0 amide bonds. The molecule has 2 heteroatoms. The summed E-state index contributed by atoms with van der Waals surface area (Å²) in [5, 5.41) is 3.63. The second-order valence-corrected chi connectivity index (χ2v) is 8.71. The van der Waals surface area contributed by atoms with E-state index in [1.54, 1.807) is 0 Å². The van der Waals surface area contributed by atoms with Gasteiger partial charge in [-0.15, -0.1) is 0 Å². The van der Waals surface area contributed by atoms with E-state index in [1.807, 2.05) is 18.2 Å². The topological polar surface area (TPSA) is 26.0 Å². The van der Waals surface area contributed by atoms with Gasteiger partial charge in [-0.05, 0) is 0 Å². The molecule has 0 aromatic heterocycles. The van der Waals surface area contributed by atoms with Crippen LogP contribution in [-0.4, -0.2) is 0 Å². The molecule has 0 atom stereocenters. The van der Waals surface area contributed by atoms with Crippen LogP contribution in [-0.2, 0) is 0 Å². The van der Waals surface area contributed by atoms with E-state index in [9.17, 15) is 0 Å². The van der Waals surface area contributed by atoms with E-state index in [2.05, 4.69) is 79.4 Å². The maximum atomic E-state index is 7.07. The SMILES string of the molecule is C=Cc1ccc([PH](N)(c2ccccc2)c2ccccc2)cc1. The minimum absolute atomic E-state index is 1.11. The molecule has 0 aliphatic rings. The fraction of sp³-hybridized carbons (Fsp3) is 0. The van der Waals surface area contributed by atoms with Crippen molar-refractivity contribution in [2.45, 2.75) is 0 Å². The third-order valence-electron chi connectivity index (χ3n) is 4.06. The molecule has 3 rings (SSSR count). The van der Waals surface area contributed by atoms with Crippen molar-refractivity contribution < 1.29 is 0 Å². The van der Waals surface area contributed by atoms with Gasteiger partial charge in [0.05, 0.1) is 0 Å². The Kier molecular flexibility index (Phi) is 4.20. The molecule has 22 heavy (non-hydrogen) atoms. The second kappa shape index (κ2) is 6.27. The van der Waals surface area contributed by atoms with E-state index in [0.717, 1.165) is 5.56 Å². The van der Waals surface area contributed by atoms with E-state index in [4.69, 9.17) is 5.50 Å². The zero-order valence-electron chi connectivity index (χ0n) is 12.4. The monoisotopic (exact) mass is 305 g/mol. The molecule has 0 saturated heterocycles. The third-order valence-corrected chi connectivity index (χ3v) is 7.79. The number of benzene rings is 3. The third kappa shape index (κ3) is 2.62. The minimum atomic E-state index is -2.45. The van der Waals surface area contributed by atoms with Gasteiger partial charge in [0.25, 0.3) is 0 Å². The summed E-state index contributed by atoms with van der Waals surface area (Å²) >= 11 is 0. The van der Waals surface area contributed by atoms with Crippen LogP contribution < -0.4 is 21.4 Å². The summed E-state index contributed by atoms with van der Waals surface area (Å²) < 4.78 is 0. The van der Waals surface area contributed by atoms with Crippen molar-refractivity contribution in [3.8, 4) is 0 Å². The van der Waals surface area contributed by atoms with Gasteiger partial charge in [-0.1, -0.05) is 0 Å². The van der Waals surface area contributed by atoms with Crippen LogP contribution in [0.25, 0.3) is 6.08 Å². The summed E-state index contributed by atoms with van der Waals surface area (Å²) in [5.41, 5.74) is 8.18. The van der Waals surface area contributed by atoms with Gasteiger partial charge in [-0.3, -0.25) is 0 Å². The van der Waals surface area contributed by atoms with Crippen LogP contribution in [0.5, 0.6) is 0 Å². The van der Waals surface area contributed by atoms with Gasteiger partial charge in [0.15, 0.2) is 0 Å². The summed E-state index contributed by atoms with van der Waals surface area (Å²) in [6, 6.07) is 29.3. The Bertz CT molecular complexity index is 709. The molecule has 0 radical (unpaired) electrons. The van der Waals surface area contributed by atoms with Gasteiger partial charge in [0.1, 0.15) is 0 Å². The zero-order chi connectivity index (χ0) is 15.4. The van der Waals surface area contributed by atoms with Gasteiger partial charge in [-0.25, -0.2) is 0 Å². The Morgan fingerprint density at radius 1 is 0.636 bits per heavy atom. The van der Waals surface area contributed by atoms with Crippen molar-refractivity contribution in [1.29, 1.82) is 0 Å². The van der Waals surface area contributed by atoms with E-state index < -0.39 is 7.41 Å². The summed E-state index contributed by atoms with van der Waals surface area (Å²) in [6.07, 6.45) is 1.86. The molecule has 0 bridgehead atoms. The van der Waals surface area contributed by atoms with Crippen molar-refractivity contribution in [3.05, 3.63) is 97.1 Å². The number of hydrogen-bond acceptors (Lipinski definition) is 1. The number of hydrogen-bond donors (Lipinski definition) is 1. The average molecular weight is 305 g/mol. The first-order valence-electron chi connectivity index (χ1n) is 7.38. The molecule has 0 spiro atoms. The molecule has 0 saturated carbocycles. The molecular formula is C20H20NP. The molecule has 0 fully saturated rings. The van der Waals surface area contributed by atoms with Crippen molar-refractivity contribution in [1.82, 2.24) is 0 Å². The summed E-state index contributed by atoms with van der Waals surface area (Å²) in [4.78, 5) is 0. The molecule has 110 valence electrons. The predicted molar refractivity (Wildman–Crippen MR) is 101 cm³/mol. The van der Waals surface area contributed by atoms with Crippen molar-refractivity contribution in [3.63, 3.8) is 0 Å². The van der Waals surface area contributed by atoms with Crippen LogP contribution in [0.2, 0.25) is 0 Å². The maximum absolute atomic E-state index is 7.07. The molecule has 3 aromatic carbocycles. The molecule has 3 aromatic rings. The van der Waals surface area contributed by atoms with Crippen LogP contribution in [0.4, 0.5) is 0 Å². The Balaban J connectivity index is 2.20. The first-order chi connectivity index (χ1) is 10.7. The molecule has 0 unspecified atom stereocenters. The zero-order valence-corrected chi connectivity index (χ0v) is 13.4. The molecule has 0 aliphatic heterocycles. The van der Waals surface area contributed by atoms with Gasteiger partial charge in [0.2, 0.25) is 0 Å². The van der Waals surface area contributed by atoms with Gasteiger partial charge < -0.3 is 0 Å². The van der Waals surface area contributed by atoms with Crippen molar-refractivity contribution in [2.75, 3.05) is 0 Å². The summed E-state index contributed by atoms with van der Waals surface area (Å²) in [7, 11) is -2.45. The predicted octanol–water partition coefficient (Wildman–Crippen LogP) is 3.23. The Hall–Kier alpha value is -2.21. The Morgan fingerprint density at radius 2 is 1.05 bits per heavy atom. The Morgan fingerprint density at radius 3 is 1.45 bits per heavy atom. The van der Waals surface area contributed by atoms with Crippen LogP contribution >= 0.6 is 7.41 Å². The van der Waals surface area contributed by atoms with Crippen LogP contribution in [0.1, 0.15) is 5.56 Å². The van der Waals surface area contributed by atoms with Crippen molar-refractivity contribution >= 4 is 29.4 Å². The van der Waals surface area contributed by atoms with Gasteiger partial charge >= 0.3 is 132 Å². The number of rotatable bonds is 4. The first-order valence-corrected chi connectivity index (χ1v) is 9.46. The normalized spacial score (nSPS) is 11.9. The van der Waals surface area contributed by atoms with E-state index in [1.165, 1.54) is 15.9 Å². The Labute approximate surface area is 132 Å². The number of nitrogens with two attached hydrogens (primary N) is 1. The second-order valence-electron chi connectivity index (χ2n) is 5.37. The molecule has 0 aliphatic carbocycles. The van der Waals surface area contributed by atoms with E-state index >= 15 is 0 Å². The van der Waals surface area contributed by atoms with E-state index in [-0.39, 0.29) is 0 Å². The van der Waals surface area contributed by atoms with Crippen LogP contribution in [0.3, 0.4) is 0 Å². The van der Waals surface area contributed by atoms with Gasteiger partial charge in [-0.2, -0.15) is 0 Å². The molecule has 2 N–H and O–H groups in total. The van der Waals surface area contributed by atoms with Crippen molar-refractivity contribution in [2.24, 2.45) is 5.50 Å². The van der Waals surface area contributed by atoms with E-state index in [0.29, 0.717) is 0 Å². The molecular weight excluding hydrogens is 285 g/mol. The first kappa shape index (κ1) is 14.7. The average Bonchev–Trinajstić information content (AvgIpc) is 2.62. The standard InChI is InChI=1S/C20H20NP/c1-2-17-13-15-20(16-14-17)22(21,18-9-5-3-6-10-18)19-11-7-4-8-12-19/h2-16,22H,1,21H2. The molecule has 0 heterocycles. The van der Waals surface area contributed by atoms with Crippen LogP contribution in [0, 0.1) is 0 Å².